The molecule has 0 aromatic heterocycles. The number of alkyl halides is 3. The molecule has 0 atom stereocenters. The minimum absolute atomic E-state index is 0.318. The first kappa shape index (κ1) is 12.6. The van der Waals surface area contributed by atoms with Crippen LogP contribution in [0.1, 0.15) is 18.4 Å². The summed E-state index contributed by atoms with van der Waals surface area (Å²) in [5, 5.41) is 6.44. The zero-order chi connectivity index (χ0) is 13.5. The predicted molar refractivity (Wildman–Crippen MR) is 68.3 cm³/mol. The molecule has 0 unspecified atom stereocenters. The van der Waals surface area contributed by atoms with Crippen molar-refractivity contribution >= 4 is 11.4 Å². The van der Waals surface area contributed by atoms with E-state index in [1.807, 2.05) is 0 Å². The molecule has 3 nitrogen and oxygen atoms in total. The number of rotatable bonds is 1. The first-order valence-electron chi connectivity index (χ1n) is 6.48. The third-order valence-electron chi connectivity index (χ3n) is 3.82. The fourth-order valence-electron chi connectivity index (χ4n) is 2.79. The van der Waals surface area contributed by atoms with E-state index in [4.69, 9.17) is 0 Å². The summed E-state index contributed by atoms with van der Waals surface area (Å²) in [5.41, 5.74) is 0.905. The molecule has 0 spiro atoms. The SMILES string of the molecule is FC(F)(F)c1ccc2c(c1)N(C1CCNCC1)CN2. The summed E-state index contributed by atoms with van der Waals surface area (Å²) in [5.74, 6) is 0. The van der Waals surface area contributed by atoms with Crippen LogP contribution in [0.4, 0.5) is 24.5 Å². The monoisotopic (exact) mass is 271 g/mol. The van der Waals surface area contributed by atoms with Crippen molar-refractivity contribution in [2.45, 2.75) is 25.1 Å². The van der Waals surface area contributed by atoms with Crippen molar-refractivity contribution in [3.63, 3.8) is 0 Å². The van der Waals surface area contributed by atoms with Gasteiger partial charge in [0.05, 0.1) is 23.6 Å². The largest absolute Gasteiger partial charge is 0.416 e. The van der Waals surface area contributed by atoms with Gasteiger partial charge in [0.1, 0.15) is 0 Å². The first-order chi connectivity index (χ1) is 9.05. The van der Waals surface area contributed by atoms with Crippen molar-refractivity contribution in [3.8, 4) is 0 Å². The molecule has 2 N–H and O–H groups in total. The lowest BCUT2D eigenvalue weighted by Crippen LogP contribution is -2.43. The quantitative estimate of drug-likeness (QED) is 0.822. The maximum Gasteiger partial charge on any atom is 0.416 e. The number of benzene rings is 1. The molecule has 1 fully saturated rings. The van der Waals surface area contributed by atoms with Crippen LogP contribution in [0.5, 0.6) is 0 Å². The van der Waals surface area contributed by atoms with Gasteiger partial charge in [-0.25, -0.2) is 0 Å². The third-order valence-corrected chi connectivity index (χ3v) is 3.82. The average Bonchev–Trinajstić information content (AvgIpc) is 2.81. The molecule has 0 bridgehead atoms. The molecule has 0 amide bonds. The molecule has 0 radical (unpaired) electrons. The number of hydrogen-bond acceptors (Lipinski definition) is 3. The number of hydrogen-bond donors (Lipinski definition) is 2. The van der Waals surface area contributed by atoms with Gasteiger partial charge in [0.25, 0.3) is 0 Å². The van der Waals surface area contributed by atoms with Crippen molar-refractivity contribution in [1.29, 1.82) is 0 Å². The van der Waals surface area contributed by atoms with Crippen LogP contribution >= 0.6 is 0 Å². The van der Waals surface area contributed by atoms with E-state index in [2.05, 4.69) is 15.5 Å². The van der Waals surface area contributed by atoms with Crippen LogP contribution in [0, 0.1) is 0 Å². The fraction of sp³-hybridized carbons (Fsp3) is 0.538. The van der Waals surface area contributed by atoms with Crippen LogP contribution < -0.4 is 15.5 Å². The summed E-state index contributed by atoms with van der Waals surface area (Å²) in [6, 6.07) is 4.24. The number of halogens is 3. The van der Waals surface area contributed by atoms with Crippen LogP contribution in [-0.4, -0.2) is 25.8 Å². The first-order valence-corrected chi connectivity index (χ1v) is 6.48. The molecular formula is C13H16F3N3. The Morgan fingerprint density at radius 3 is 2.58 bits per heavy atom. The topological polar surface area (TPSA) is 27.3 Å². The second-order valence-corrected chi connectivity index (χ2v) is 5.02. The van der Waals surface area contributed by atoms with Crippen molar-refractivity contribution in [3.05, 3.63) is 23.8 Å². The second-order valence-electron chi connectivity index (χ2n) is 5.02. The molecule has 6 heteroatoms. The van der Waals surface area contributed by atoms with Crippen LogP contribution in [-0.2, 0) is 6.18 Å². The molecule has 2 aliphatic rings. The normalized spacial score (nSPS) is 20.3. The third kappa shape index (κ3) is 2.36. The molecule has 1 aromatic carbocycles. The van der Waals surface area contributed by atoms with E-state index >= 15 is 0 Å². The molecule has 1 saturated heterocycles. The van der Waals surface area contributed by atoms with Crippen LogP contribution in [0.3, 0.4) is 0 Å². The maximum atomic E-state index is 12.8. The van der Waals surface area contributed by atoms with Gasteiger partial charge in [0.15, 0.2) is 0 Å². The Hall–Kier alpha value is -1.43. The highest BCUT2D eigenvalue weighted by molar-refractivity contribution is 5.76. The van der Waals surface area contributed by atoms with Crippen LogP contribution in [0.25, 0.3) is 0 Å². The second kappa shape index (κ2) is 4.59. The van der Waals surface area contributed by atoms with Crippen LogP contribution in [0.15, 0.2) is 18.2 Å². The van der Waals surface area contributed by atoms with Gasteiger partial charge in [0, 0.05) is 6.04 Å². The number of nitrogens with zero attached hydrogens (tertiary/aromatic N) is 1. The standard InChI is InChI=1S/C13H16F3N3/c14-13(15,16)9-1-2-11-12(7-9)19(8-18-11)10-3-5-17-6-4-10/h1-2,7,10,17-18H,3-6,8H2. The Morgan fingerprint density at radius 2 is 1.89 bits per heavy atom. The van der Waals surface area contributed by atoms with E-state index in [0.717, 1.165) is 37.7 Å². The van der Waals surface area contributed by atoms with E-state index < -0.39 is 11.7 Å². The summed E-state index contributed by atoms with van der Waals surface area (Å²) in [4.78, 5) is 2.06. The van der Waals surface area contributed by atoms with Gasteiger partial charge in [-0.05, 0) is 44.1 Å². The maximum absolute atomic E-state index is 12.8. The molecule has 1 aromatic rings. The molecule has 3 rings (SSSR count). The fourth-order valence-corrected chi connectivity index (χ4v) is 2.79. The van der Waals surface area contributed by atoms with Crippen molar-refractivity contribution in [2.75, 3.05) is 30.0 Å². The molecular weight excluding hydrogens is 255 g/mol. The summed E-state index contributed by atoms with van der Waals surface area (Å²) in [6.07, 6.45) is -2.34. The van der Waals surface area contributed by atoms with Crippen molar-refractivity contribution < 1.29 is 13.2 Å². The van der Waals surface area contributed by atoms with E-state index in [1.165, 1.54) is 12.1 Å². The van der Waals surface area contributed by atoms with Gasteiger partial charge in [0.2, 0.25) is 0 Å². The lowest BCUT2D eigenvalue weighted by molar-refractivity contribution is -0.137. The zero-order valence-electron chi connectivity index (χ0n) is 10.4. The highest BCUT2D eigenvalue weighted by Crippen LogP contribution is 2.39. The number of fused-ring (bicyclic) bond motifs is 1. The molecule has 0 aliphatic carbocycles. The van der Waals surface area contributed by atoms with E-state index in [-0.39, 0.29) is 0 Å². The van der Waals surface area contributed by atoms with Gasteiger partial charge < -0.3 is 15.5 Å². The van der Waals surface area contributed by atoms with Crippen molar-refractivity contribution in [1.82, 2.24) is 5.32 Å². The highest BCUT2D eigenvalue weighted by Gasteiger charge is 2.34. The smallest absolute Gasteiger partial charge is 0.366 e. The van der Waals surface area contributed by atoms with E-state index in [0.29, 0.717) is 18.4 Å². The molecule has 19 heavy (non-hydrogen) atoms. The summed E-state index contributed by atoms with van der Waals surface area (Å²) in [6.45, 7) is 2.45. The number of anilines is 2. The Labute approximate surface area is 109 Å². The Morgan fingerprint density at radius 1 is 1.16 bits per heavy atom. The summed E-state index contributed by atoms with van der Waals surface area (Å²) < 4.78 is 38.3. The Balaban J connectivity index is 1.89. The van der Waals surface area contributed by atoms with E-state index in [9.17, 15) is 13.2 Å². The zero-order valence-corrected chi connectivity index (χ0v) is 10.4. The van der Waals surface area contributed by atoms with Gasteiger partial charge in [-0.15, -0.1) is 0 Å². The lowest BCUT2D eigenvalue weighted by Gasteiger charge is -2.32. The average molecular weight is 271 g/mol. The summed E-state index contributed by atoms with van der Waals surface area (Å²) in [7, 11) is 0. The number of piperidine rings is 1. The molecule has 104 valence electrons. The van der Waals surface area contributed by atoms with Gasteiger partial charge >= 0.3 is 6.18 Å². The van der Waals surface area contributed by atoms with Gasteiger partial charge in [-0.3, -0.25) is 0 Å². The van der Waals surface area contributed by atoms with E-state index in [1.54, 1.807) is 0 Å². The molecule has 0 saturated carbocycles. The van der Waals surface area contributed by atoms with Crippen molar-refractivity contribution in [2.24, 2.45) is 0 Å². The molecule has 2 aliphatic heterocycles. The Kier molecular flexibility index (Phi) is 3.05. The van der Waals surface area contributed by atoms with Crippen LogP contribution in [0.2, 0.25) is 0 Å². The van der Waals surface area contributed by atoms with Gasteiger partial charge in [-0.1, -0.05) is 0 Å². The minimum Gasteiger partial charge on any atom is -0.366 e. The Bertz CT molecular complexity index is 467. The number of nitrogens with one attached hydrogen (secondary N) is 2. The minimum atomic E-state index is -4.28. The highest BCUT2D eigenvalue weighted by atomic mass is 19.4. The lowest BCUT2D eigenvalue weighted by atomic mass is 10.0. The van der Waals surface area contributed by atoms with Gasteiger partial charge in [-0.2, -0.15) is 13.2 Å². The predicted octanol–water partition coefficient (Wildman–Crippen LogP) is 2.65. The summed E-state index contributed by atoms with van der Waals surface area (Å²) >= 11 is 0. The molecule has 2 heterocycles.